The number of anilines is 3. The molecule has 1 aromatic heterocycles. The highest BCUT2D eigenvalue weighted by atomic mass is 19.1. The van der Waals surface area contributed by atoms with E-state index in [1.807, 2.05) is 0 Å². The van der Waals surface area contributed by atoms with E-state index in [9.17, 15) is 19.1 Å². The Morgan fingerprint density at radius 1 is 1.12 bits per heavy atom. The largest absolute Gasteiger partial charge is 0.505 e. The molecule has 130 valence electrons. The monoisotopic (exact) mass is 352 g/mol. The quantitative estimate of drug-likeness (QED) is 0.411. The lowest BCUT2D eigenvalue weighted by Gasteiger charge is -2.15. The summed E-state index contributed by atoms with van der Waals surface area (Å²) in [7, 11) is 0. The van der Waals surface area contributed by atoms with E-state index in [4.69, 9.17) is 0 Å². The van der Waals surface area contributed by atoms with E-state index < -0.39 is 22.4 Å². The van der Waals surface area contributed by atoms with Gasteiger partial charge in [-0.05, 0) is 24.3 Å². The van der Waals surface area contributed by atoms with Crippen molar-refractivity contribution < 1.29 is 9.50 Å². The fraction of sp³-hybridized carbons (Fsp3) is 0.0556. The van der Waals surface area contributed by atoms with Gasteiger partial charge in [-0.2, -0.15) is 0 Å². The summed E-state index contributed by atoms with van der Waals surface area (Å²) in [5.41, 5.74) is 1.24. The molecule has 0 spiro atoms. The summed E-state index contributed by atoms with van der Waals surface area (Å²) < 4.78 is 13.8. The molecule has 0 fully saturated rings. The number of aromatic amines is 1. The Hall–Kier alpha value is -3.68. The maximum atomic E-state index is 13.8. The molecule has 0 unspecified atom stereocenters. The fourth-order valence-electron chi connectivity index (χ4n) is 2.72. The molecule has 8 heteroatoms. The van der Waals surface area contributed by atoms with Crippen LogP contribution in [0.25, 0.3) is 11.0 Å². The Labute approximate surface area is 145 Å². The number of halogens is 1. The van der Waals surface area contributed by atoms with Crippen molar-refractivity contribution in [3.8, 4) is 5.75 Å². The van der Waals surface area contributed by atoms with E-state index in [1.54, 1.807) is 24.5 Å². The molecule has 26 heavy (non-hydrogen) atoms. The predicted molar refractivity (Wildman–Crippen MR) is 96.1 cm³/mol. The number of phenols is 1. The van der Waals surface area contributed by atoms with Crippen molar-refractivity contribution in [2.45, 2.75) is 6.54 Å². The number of aromatic nitrogens is 2. The fourth-order valence-corrected chi connectivity index (χ4v) is 2.72. The van der Waals surface area contributed by atoms with Crippen LogP contribution in [-0.4, -0.2) is 15.1 Å². The van der Waals surface area contributed by atoms with Gasteiger partial charge in [0.25, 0.3) is 10.9 Å². The summed E-state index contributed by atoms with van der Waals surface area (Å²) in [6, 6.07) is 9.48. The van der Waals surface area contributed by atoms with Crippen LogP contribution in [0.5, 0.6) is 5.75 Å². The average Bonchev–Trinajstić information content (AvgIpc) is 3.11. The zero-order chi connectivity index (χ0) is 18.3. The lowest BCUT2D eigenvalue weighted by Crippen LogP contribution is -2.36. The number of H-pyrrole nitrogens is 1. The van der Waals surface area contributed by atoms with Crippen molar-refractivity contribution in [2.24, 2.45) is 0 Å². The van der Waals surface area contributed by atoms with Crippen molar-refractivity contribution in [3.05, 3.63) is 74.6 Å². The Balaban J connectivity index is 1.57. The second-order valence-corrected chi connectivity index (χ2v) is 5.77. The molecule has 0 aliphatic rings. The van der Waals surface area contributed by atoms with Crippen LogP contribution in [0, 0.1) is 5.82 Å². The first-order valence-corrected chi connectivity index (χ1v) is 7.78. The molecule has 0 aliphatic heterocycles. The van der Waals surface area contributed by atoms with Crippen LogP contribution in [0.2, 0.25) is 0 Å². The molecule has 4 N–H and O–H groups in total. The second-order valence-electron chi connectivity index (χ2n) is 5.77. The molecule has 0 bridgehead atoms. The Bertz CT molecular complexity index is 1190. The first kappa shape index (κ1) is 15.8. The number of nitrogens with zero attached hydrogens (tertiary/aromatic N) is 1. The van der Waals surface area contributed by atoms with Crippen molar-refractivity contribution in [3.63, 3.8) is 0 Å². The molecule has 0 aliphatic carbocycles. The second kappa shape index (κ2) is 5.99. The molecule has 0 atom stereocenters. The summed E-state index contributed by atoms with van der Waals surface area (Å²) in [6.07, 6.45) is 1.56. The van der Waals surface area contributed by atoms with E-state index in [0.29, 0.717) is 5.69 Å². The standard InChI is InChI=1S/C18H13FN4O3/c19-14-9(2-1-3-13(14)24)7-20-15-16(18(26)17(15)25)23-10-4-5-11-12(6-10)22-8-21-11/h1-6,8,20,23-24H,7H2,(H,21,22). The maximum absolute atomic E-state index is 13.8. The molecule has 4 aromatic rings. The summed E-state index contributed by atoms with van der Waals surface area (Å²) in [5.74, 6) is -1.24. The van der Waals surface area contributed by atoms with Gasteiger partial charge in [0.1, 0.15) is 11.4 Å². The lowest BCUT2D eigenvalue weighted by molar-refractivity contribution is 0.429. The summed E-state index contributed by atoms with van der Waals surface area (Å²) in [6.45, 7) is -0.0423. The van der Waals surface area contributed by atoms with Gasteiger partial charge >= 0.3 is 0 Å². The minimum atomic E-state index is -0.766. The normalized spacial score (nSPS) is 11.1. The van der Waals surface area contributed by atoms with Crippen molar-refractivity contribution >= 4 is 28.1 Å². The van der Waals surface area contributed by atoms with Gasteiger partial charge in [0, 0.05) is 17.8 Å². The third kappa shape index (κ3) is 2.57. The smallest absolute Gasteiger partial charge is 0.253 e. The number of benzene rings is 2. The molecule has 4 rings (SSSR count). The van der Waals surface area contributed by atoms with Gasteiger partial charge in [0.2, 0.25) is 0 Å². The Kier molecular flexibility index (Phi) is 3.65. The Morgan fingerprint density at radius 3 is 2.77 bits per heavy atom. The predicted octanol–water partition coefficient (Wildman–Crippen LogP) is 2.36. The molecule has 0 amide bonds. The number of hydrogen-bond acceptors (Lipinski definition) is 6. The lowest BCUT2D eigenvalue weighted by atomic mass is 10.1. The highest BCUT2D eigenvalue weighted by Gasteiger charge is 2.21. The number of aromatic hydroxyl groups is 1. The maximum Gasteiger partial charge on any atom is 0.253 e. The molecule has 7 nitrogen and oxygen atoms in total. The molecule has 1 heterocycles. The van der Waals surface area contributed by atoms with E-state index in [2.05, 4.69) is 20.6 Å². The topological polar surface area (TPSA) is 107 Å². The van der Waals surface area contributed by atoms with E-state index in [-0.39, 0.29) is 23.5 Å². The number of rotatable bonds is 5. The van der Waals surface area contributed by atoms with E-state index in [1.165, 1.54) is 18.2 Å². The number of phenolic OH excluding ortho intramolecular Hbond substituents is 1. The van der Waals surface area contributed by atoms with Gasteiger partial charge in [-0.15, -0.1) is 0 Å². The zero-order valence-corrected chi connectivity index (χ0v) is 13.3. The van der Waals surface area contributed by atoms with Crippen LogP contribution in [0.4, 0.5) is 21.5 Å². The third-order valence-corrected chi connectivity index (χ3v) is 4.11. The highest BCUT2D eigenvalue weighted by molar-refractivity contribution is 5.84. The van der Waals surface area contributed by atoms with Gasteiger partial charge in [-0.1, -0.05) is 12.1 Å². The van der Waals surface area contributed by atoms with E-state index in [0.717, 1.165) is 11.0 Å². The van der Waals surface area contributed by atoms with Crippen LogP contribution in [-0.2, 0) is 6.54 Å². The minimum absolute atomic E-state index is 0.0423. The molecular weight excluding hydrogens is 339 g/mol. The Morgan fingerprint density at radius 2 is 1.92 bits per heavy atom. The third-order valence-electron chi connectivity index (χ3n) is 4.11. The number of fused-ring (bicyclic) bond motifs is 1. The minimum Gasteiger partial charge on any atom is -0.505 e. The van der Waals surface area contributed by atoms with Gasteiger partial charge < -0.3 is 20.7 Å². The molecule has 0 radical (unpaired) electrons. The zero-order valence-electron chi connectivity index (χ0n) is 13.3. The number of imidazole rings is 1. The van der Waals surface area contributed by atoms with Crippen molar-refractivity contribution in [2.75, 3.05) is 10.6 Å². The van der Waals surface area contributed by atoms with Crippen LogP contribution in [0.15, 0.2) is 52.3 Å². The van der Waals surface area contributed by atoms with Crippen molar-refractivity contribution in [1.29, 1.82) is 0 Å². The number of nitrogens with one attached hydrogen (secondary N) is 3. The average molecular weight is 352 g/mol. The first-order valence-electron chi connectivity index (χ1n) is 7.78. The highest BCUT2D eigenvalue weighted by Crippen LogP contribution is 2.24. The molecule has 0 saturated heterocycles. The van der Waals surface area contributed by atoms with Crippen LogP contribution < -0.4 is 21.5 Å². The van der Waals surface area contributed by atoms with Gasteiger partial charge in [0.15, 0.2) is 11.6 Å². The SMILES string of the molecule is O=c1c(NCc2cccc(O)c2F)c(Nc2ccc3nc[nH]c3c2)c1=O. The van der Waals surface area contributed by atoms with Gasteiger partial charge in [-0.3, -0.25) is 9.59 Å². The van der Waals surface area contributed by atoms with Crippen LogP contribution >= 0.6 is 0 Å². The van der Waals surface area contributed by atoms with Gasteiger partial charge in [-0.25, -0.2) is 9.37 Å². The summed E-state index contributed by atoms with van der Waals surface area (Å²) in [5, 5.41) is 15.1. The van der Waals surface area contributed by atoms with Crippen LogP contribution in [0.3, 0.4) is 0 Å². The molecule has 3 aromatic carbocycles. The van der Waals surface area contributed by atoms with Crippen molar-refractivity contribution in [1.82, 2.24) is 9.97 Å². The van der Waals surface area contributed by atoms with Gasteiger partial charge in [0.05, 0.1) is 17.4 Å². The van der Waals surface area contributed by atoms with E-state index >= 15 is 0 Å². The molecule has 0 saturated carbocycles. The van der Waals surface area contributed by atoms with Crippen LogP contribution in [0.1, 0.15) is 5.56 Å². The summed E-state index contributed by atoms with van der Waals surface area (Å²) >= 11 is 0. The summed E-state index contributed by atoms with van der Waals surface area (Å²) in [4.78, 5) is 30.8. The molecular formula is C18H13FN4O3. The first-order chi connectivity index (χ1) is 12.5. The number of hydrogen-bond donors (Lipinski definition) is 4.